The molecule has 0 aromatic carbocycles. The van der Waals surface area contributed by atoms with Gasteiger partial charge in [0.2, 0.25) is 5.78 Å². The van der Waals surface area contributed by atoms with Crippen LogP contribution in [0.4, 0.5) is 0 Å². The van der Waals surface area contributed by atoms with Crippen molar-refractivity contribution >= 4 is 29.1 Å². The Morgan fingerprint density at radius 3 is 2.58 bits per heavy atom. The number of Topliss-reactive ketones (excluding diaryl/α,β-unsaturated/α-hetero) is 1. The number of ether oxygens (including phenoxy) is 1. The highest BCUT2D eigenvalue weighted by Crippen LogP contribution is 2.71. The molecule has 2 unspecified atom stereocenters. The molecule has 0 saturated heterocycles. The van der Waals surface area contributed by atoms with E-state index in [0.29, 0.717) is 19.3 Å². The number of esters is 1. The monoisotopic (exact) mass is 450 g/mol. The average molecular weight is 451 g/mol. The Morgan fingerprint density at radius 1 is 1.29 bits per heavy atom. The highest BCUT2D eigenvalue weighted by Gasteiger charge is 2.74. The van der Waals surface area contributed by atoms with Crippen LogP contribution in [0.25, 0.3) is 0 Å². The van der Waals surface area contributed by atoms with Gasteiger partial charge in [0.05, 0.1) is 11.0 Å². The van der Waals surface area contributed by atoms with Crippen LogP contribution in [0.3, 0.4) is 0 Å². The molecule has 0 aromatic heterocycles. The number of hydrogen-bond acceptors (Lipinski definition) is 6. The number of ketones is 2. The predicted molar refractivity (Wildman–Crippen MR) is 114 cm³/mol. The maximum absolute atomic E-state index is 13.0. The quantitative estimate of drug-likeness (QED) is 0.506. The highest BCUT2D eigenvalue weighted by atomic mass is 35.5. The second-order valence-corrected chi connectivity index (χ2v) is 11.0. The van der Waals surface area contributed by atoms with Crippen LogP contribution < -0.4 is 0 Å². The largest absolute Gasteiger partial charge is 0.451 e. The van der Waals surface area contributed by atoms with Gasteiger partial charge in [-0.3, -0.25) is 14.4 Å². The van der Waals surface area contributed by atoms with Gasteiger partial charge in [0.25, 0.3) is 0 Å². The van der Waals surface area contributed by atoms with E-state index >= 15 is 0 Å². The molecule has 7 heteroatoms. The number of halogens is 1. The Bertz CT molecular complexity index is 910. The maximum Gasteiger partial charge on any atom is 0.303 e. The second-order valence-electron chi connectivity index (χ2n) is 10.3. The van der Waals surface area contributed by atoms with Crippen LogP contribution in [0.2, 0.25) is 0 Å². The lowest BCUT2D eigenvalue weighted by atomic mass is 9.44. The van der Waals surface area contributed by atoms with Crippen molar-refractivity contribution in [3.8, 4) is 0 Å². The molecule has 3 fully saturated rings. The van der Waals surface area contributed by atoms with E-state index in [1.54, 1.807) is 6.08 Å². The molecular weight excluding hydrogens is 420 g/mol. The summed E-state index contributed by atoms with van der Waals surface area (Å²) in [6.07, 6.45) is 5.73. The van der Waals surface area contributed by atoms with Crippen molar-refractivity contribution in [2.45, 2.75) is 70.0 Å². The van der Waals surface area contributed by atoms with E-state index in [4.69, 9.17) is 16.3 Å². The fourth-order valence-electron chi connectivity index (χ4n) is 7.64. The van der Waals surface area contributed by atoms with Gasteiger partial charge in [0.1, 0.15) is 6.61 Å². The number of carbonyl (C=O) groups is 3. The number of hydrogen-bond donors (Lipinski definition) is 2. The molecule has 0 amide bonds. The minimum atomic E-state index is -1.48. The minimum Gasteiger partial charge on any atom is -0.451 e. The smallest absolute Gasteiger partial charge is 0.303 e. The number of aliphatic hydroxyl groups is 2. The molecule has 6 nitrogen and oxygen atoms in total. The van der Waals surface area contributed by atoms with Crippen molar-refractivity contribution in [1.29, 1.82) is 0 Å². The van der Waals surface area contributed by atoms with Gasteiger partial charge >= 0.3 is 5.97 Å². The third-order valence-electron chi connectivity index (χ3n) is 9.00. The summed E-state index contributed by atoms with van der Waals surface area (Å²) in [7, 11) is 0. The van der Waals surface area contributed by atoms with E-state index in [1.807, 2.05) is 19.9 Å². The first kappa shape index (κ1) is 22.7. The van der Waals surface area contributed by atoms with Gasteiger partial charge in [-0.25, -0.2) is 0 Å². The van der Waals surface area contributed by atoms with Crippen LogP contribution in [0.15, 0.2) is 23.8 Å². The summed E-state index contributed by atoms with van der Waals surface area (Å²) in [5.41, 5.74) is -2.11. The molecule has 170 valence electrons. The number of carbonyl (C=O) groups excluding carboxylic acids is 3. The third kappa shape index (κ3) is 2.67. The van der Waals surface area contributed by atoms with Crippen LogP contribution in [0.1, 0.15) is 53.4 Å². The van der Waals surface area contributed by atoms with Gasteiger partial charge in [-0.1, -0.05) is 32.4 Å². The van der Waals surface area contributed by atoms with Crippen molar-refractivity contribution in [2.24, 2.45) is 28.6 Å². The first-order chi connectivity index (χ1) is 14.4. The number of rotatable bonds is 3. The highest BCUT2D eigenvalue weighted by molar-refractivity contribution is 6.26. The van der Waals surface area contributed by atoms with Crippen molar-refractivity contribution in [3.05, 3.63) is 23.8 Å². The summed E-state index contributed by atoms with van der Waals surface area (Å²) in [5, 5.41) is 21.3. The standard InChI is InChI=1S/C24H31ClO6/c1-13-9-18-16-6-8-23(20(30)12-26,31-14(2)27)22(16,4)11-19(29)24(18,25)21(3)7-5-15(28)10-17(13)21/h5,7,10,13,16,18-19,26,29H,6,8-9,11-12H2,1-4H3/t13?,16-,18-,19?,21-,22-,23-,24-/m0/s1. The Balaban J connectivity index is 1.85. The van der Waals surface area contributed by atoms with Gasteiger partial charge in [-0.15, -0.1) is 11.6 Å². The lowest BCUT2D eigenvalue weighted by molar-refractivity contribution is -0.196. The molecule has 4 rings (SSSR count). The average Bonchev–Trinajstić information content (AvgIpc) is 2.97. The van der Waals surface area contributed by atoms with Crippen molar-refractivity contribution in [3.63, 3.8) is 0 Å². The normalized spacial score (nSPS) is 48.4. The van der Waals surface area contributed by atoms with E-state index in [9.17, 15) is 24.6 Å². The topological polar surface area (TPSA) is 101 Å². The molecular formula is C24H31ClO6. The number of allylic oxidation sites excluding steroid dienone is 4. The molecule has 31 heavy (non-hydrogen) atoms. The van der Waals surface area contributed by atoms with E-state index in [0.717, 1.165) is 5.57 Å². The SMILES string of the molecule is CC(=O)O[C@]1(C(=O)CO)CC[C@H]2[C@@H]3CC(C)C4=CC(=O)C=C[C@]4(C)[C@@]3(Cl)C(O)C[C@@]21C. The van der Waals surface area contributed by atoms with Crippen LogP contribution >= 0.6 is 11.6 Å². The summed E-state index contributed by atoms with van der Waals surface area (Å²) in [4.78, 5) is 36.0. The van der Waals surface area contributed by atoms with E-state index in [-0.39, 0.29) is 30.0 Å². The lowest BCUT2D eigenvalue weighted by Crippen LogP contribution is -2.69. The molecule has 0 spiro atoms. The van der Waals surface area contributed by atoms with E-state index in [1.165, 1.54) is 13.0 Å². The van der Waals surface area contributed by atoms with Gasteiger partial charge in [0, 0.05) is 17.8 Å². The Hall–Kier alpha value is -1.50. The van der Waals surface area contributed by atoms with Gasteiger partial charge in [0.15, 0.2) is 11.4 Å². The van der Waals surface area contributed by atoms with Crippen LogP contribution in [-0.4, -0.2) is 50.9 Å². The maximum atomic E-state index is 13.0. The zero-order valence-electron chi connectivity index (χ0n) is 18.5. The molecule has 4 aliphatic rings. The first-order valence-corrected chi connectivity index (χ1v) is 11.4. The van der Waals surface area contributed by atoms with E-state index < -0.39 is 45.8 Å². The second kappa shape index (κ2) is 7.00. The van der Waals surface area contributed by atoms with Crippen molar-refractivity contribution in [1.82, 2.24) is 0 Å². The van der Waals surface area contributed by atoms with E-state index in [2.05, 4.69) is 6.92 Å². The van der Waals surface area contributed by atoms with Crippen LogP contribution in [0.5, 0.6) is 0 Å². The predicted octanol–water partition coefficient (Wildman–Crippen LogP) is 2.74. The van der Waals surface area contributed by atoms with Gasteiger partial charge in [-0.05, 0) is 55.6 Å². The Labute approximate surface area is 187 Å². The Morgan fingerprint density at radius 2 is 1.97 bits per heavy atom. The molecule has 0 bridgehead atoms. The summed E-state index contributed by atoms with van der Waals surface area (Å²) >= 11 is 7.40. The van der Waals surface area contributed by atoms with Gasteiger partial charge in [-0.2, -0.15) is 0 Å². The van der Waals surface area contributed by atoms with Crippen molar-refractivity contribution in [2.75, 3.05) is 6.61 Å². The summed E-state index contributed by atoms with van der Waals surface area (Å²) < 4.78 is 5.68. The fourth-order valence-corrected chi connectivity index (χ4v) is 8.13. The summed E-state index contributed by atoms with van der Waals surface area (Å²) in [6.45, 7) is 6.47. The van der Waals surface area contributed by atoms with Crippen LogP contribution in [-0.2, 0) is 19.1 Å². The fraction of sp³-hybridized carbons (Fsp3) is 0.708. The molecule has 8 atom stereocenters. The minimum absolute atomic E-state index is 0.0718. The Kier molecular flexibility index (Phi) is 5.12. The summed E-state index contributed by atoms with van der Waals surface area (Å²) in [5.74, 6) is -1.36. The summed E-state index contributed by atoms with van der Waals surface area (Å²) in [6, 6.07) is 0. The molecule has 2 N–H and O–H groups in total. The molecule has 3 saturated carbocycles. The number of alkyl halides is 1. The zero-order valence-corrected chi connectivity index (χ0v) is 19.2. The lowest BCUT2D eigenvalue weighted by Gasteiger charge is -2.65. The number of aliphatic hydroxyl groups excluding tert-OH is 2. The molecule has 4 aliphatic carbocycles. The number of fused-ring (bicyclic) bond motifs is 5. The van der Waals surface area contributed by atoms with Gasteiger partial charge < -0.3 is 14.9 Å². The molecule has 0 aromatic rings. The molecule has 0 aliphatic heterocycles. The van der Waals surface area contributed by atoms with Crippen molar-refractivity contribution < 1.29 is 29.3 Å². The first-order valence-electron chi connectivity index (χ1n) is 11.0. The molecule has 0 heterocycles. The molecule has 0 radical (unpaired) electrons. The zero-order chi connectivity index (χ0) is 23.0. The van der Waals surface area contributed by atoms with Crippen LogP contribution in [0, 0.1) is 28.6 Å². The third-order valence-corrected chi connectivity index (χ3v) is 9.93.